The van der Waals surface area contributed by atoms with E-state index in [0.29, 0.717) is 6.42 Å². The highest BCUT2D eigenvalue weighted by Crippen LogP contribution is 2.51. The van der Waals surface area contributed by atoms with Crippen LogP contribution in [0.5, 0.6) is 0 Å². The van der Waals surface area contributed by atoms with Crippen molar-refractivity contribution >= 4 is 11.8 Å². The van der Waals surface area contributed by atoms with Gasteiger partial charge < -0.3 is 9.47 Å². The SMILES string of the molecule is CCC1OC(=O)CCC2C=CC3CC2(OC3/C=C(/C)C(C)=O)/C(C)=C/C1C. The second-order valence-corrected chi connectivity index (χ2v) is 8.42. The van der Waals surface area contributed by atoms with E-state index in [1.807, 2.05) is 13.0 Å². The molecule has 1 aliphatic carbocycles. The molecule has 0 saturated carbocycles. The van der Waals surface area contributed by atoms with Crippen LogP contribution < -0.4 is 0 Å². The van der Waals surface area contributed by atoms with Crippen LogP contribution in [0.4, 0.5) is 0 Å². The highest BCUT2D eigenvalue weighted by Gasteiger charge is 2.52. The number of fused-ring (bicyclic) bond motifs is 1. The normalized spacial score (nSPS) is 41.4. The van der Waals surface area contributed by atoms with E-state index in [4.69, 9.17) is 9.47 Å². The minimum absolute atomic E-state index is 0.0819. The molecule has 27 heavy (non-hydrogen) atoms. The fourth-order valence-corrected chi connectivity index (χ4v) is 4.80. The number of allylic oxidation sites excluding steroid dienone is 1. The van der Waals surface area contributed by atoms with Crippen LogP contribution in [0, 0.1) is 17.8 Å². The fraction of sp³-hybridized carbons (Fsp3) is 0.652. The van der Waals surface area contributed by atoms with Crippen LogP contribution in [0.15, 0.2) is 35.5 Å². The summed E-state index contributed by atoms with van der Waals surface area (Å²) in [6, 6.07) is 0. The van der Waals surface area contributed by atoms with Crippen LogP contribution in [0.25, 0.3) is 0 Å². The third kappa shape index (κ3) is 3.82. The van der Waals surface area contributed by atoms with Crippen LogP contribution in [-0.2, 0) is 19.1 Å². The van der Waals surface area contributed by atoms with E-state index in [2.05, 4.69) is 39.0 Å². The summed E-state index contributed by atoms with van der Waals surface area (Å²) >= 11 is 0. The van der Waals surface area contributed by atoms with Gasteiger partial charge in [-0.1, -0.05) is 32.1 Å². The Morgan fingerprint density at radius 3 is 2.74 bits per heavy atom. The van der Waals surface area contributed by atoms with Gasteiger partial charge in [0.15, 0.2) is 5.78 Å². The molecule has 1 fully saturated rings. The summed E-state index contributed by atoms with van der Waals surface area (Å²) < 4.78 is 12.4. The lowest BCUT2D eigenvalue weighted by Gasteiger charge is -2.40. The maximum atomic E-state index is 12.3. The van der Waals surface area contributed by atoms with Crippen LogP contribution in [0.2, 0.25) is 0 Å². The van der Waals surface area contributed by atoms with E-state index in [1.54, 1.807) is 6.92 Å². The zero-order valence-electron chi connectivity index (χ0n) is 17.2. The largest absolute Gasteiger partial charge is 0.462 e. The lowest BCUT2D eigenvalue weighted by Crippen LogP contribution is -2.41. The average molecular weight is 373 g/mol. The number of cyclic esters (lactones) is 1. The molecule has 4 heteroatoms. The highest BCUT2D eigenvalue weighted by atomic mass is 16.5. The van der Waals surface area contributed by atoms with Gasteiger partial charge in [-0.15, -0.1) is 0 Å². The summed E-state index contributed by atoms with van der Waals surface area (Å²) in [7, 11) is 0. The second-order valence-electron chi connectivity index (χ2n) is 8.42. The summed E-state index contributed by atoms with van der Waals surface area (Å²) in [5.74, 6) is 0.534. The molecule has 2 heterocycles. The van der Waals surface area contributed by atoms with Gasteiger partial charge >= 0.3 is 5.97 Å². The molecular formula is C23H32O4. The molecule has 2 aliphatic heterocycles. The number of Topliss-reactive ketones (excluding diaryl/α,β-unsaturated/α-hetero) is 1. The number of carbonyl (C=O) groups is 2. The number of carbonyl (C=O) groups excluding carboxylic acids is 2. The van der Waals surface area contributed by atoms with Crippen molar-refractivity contribution in [3.05, 3.63) is 35.5 Å². The number of rotatable bonds is 3. The van der Waals surface area contributed by atoms with Crippen molar-refractivity contribution in [2.45, 2.75) is 78.1 Å². The number of hydrogen-bond donors (Lipinski definition) is 0. The zero-order valence-corrected chi connectivity index (χ0v) is 17.2. The van der Waals surface area contributed by atoms with Crippen molar-refractivity contribution in [1.82, 2.24) is 0 Å². The standard InChI is InChI=1S/C23H32O4/c1-6-20-15(3)11-16(4)23-13-18(21(27-23)12-14(2)17(5)24)7-8-19(23)9-10-22(25)26-20/h7-8,11-12,15,18-21H,6,9-10,13H2,1-5H3/b14-12-,16-11+. The molecule has 4 nitrogen and oxygen atoms in total. The Bertz CT molecular complexity index is 701. The minimum atomic E-state index is -0.387. The first-order chi connectivity index (χ1) is 12.8. The van der Waals surface area contributed by atoms with Gasteiger partial charge in [-0.2, -0.15) is 0 Å². The van der Waals surface area contributed by atoms with E-state index in [-0.39, 0.29) is 47.3 Å². The van der Waals surface area contributed by atoms with E-state index in [9.17, 15) is 9.59 Å². The Labute approximate surface area is 162 Å². The van der Waals surface area contributed by atoms with Crippen molar-refractivity contribution in [3.63, 3.8) is 0 Å². The first-order valence-electron chi connectivity index (χ1n) is 10.2. The smallest absolute Gasteiger partial charge is 0.306 e. The number of ketones is 1. The molecule has 3 rings (SSSR count). The van der Waals surface area contributed by atoms with E-state index < -0.39 is 0 Å². The maximum Gasteiger partial charge on any atom is 0.306 e. The predicted molar refractivity (Wildman–Crippen MR) is 105 cm³/mol. The van der Waals surface area contributed by atoms with Gasteiger partial charge in [0.1, 0.15) is 6.10 Å². The molecule has 148 valence electrons. The summed E-state index contributed by atoms with van der Waals surface area (Å²) in [6.45, 7) is 9.77. The fourth-order valence-electron chi connectivity index (χ4n) is 4.80. The van der Waals surface area contributed by atoms with Gasteiger partial charge in [0, 0.05) is 24.2 Å². The van der Waals surface area contributed by atoms with Crippen molar-refractivity contribution in [1.29, 1.82) is 0 Å². The summed E-state index contributed by atoms with van der Waals surface area (Å²) in [6.07, 6.45) is 11.3. The van der Waals surface area contributed by atoms with Crippen molar-refractivity contribution in [2.75, 3.05) is 0 Å². The third-order valence-corrected chi connectivity index (χ3v) is 6.58. The summed E-state index contributed by atoms with van der Waals surface area (Å²) in [5, 5.41) is 0. The van der Waals surface area contributed by atoms with Gasteiger partial charge in [-0.3, -0.25) is 9.59 Å². The quantitative estimate of drug-likeness (QED) is 0.414. The molecule has 2 bridgehead atoms. The van der Waals surface area contributed by atoms with Gasteiger partial charge in [0.2, 0.25) is 0 Å². The summed E-state index contributed by atoms with van der Waals surface area (Å²) in [4.78, 5) is 24.0. The third-order valence-electron chi connectivity index (χ3n) is 6.58. The van der Waals surface area contributed by atoms with E-state index in [1.165, 1.54) is 5.57 Å². The lowest BCUT2D eigenvalue weighted by atomic mass is 9.70. The topological polar surface area (TPSA) is 52.6 Å². The Balaban J connectivity index is 1.98. The van der Waals surface area contributed by atoms with Crippen LogP contribution in [-0.4, -0.2) is 29.6 Å². The average Bonchev–Trinajstić information content (AvgIpc) is 2.91. The second kappa shape index (κ2) is 7.75. The van der Waals surface area contributed by atoms with Gasteiger partial charge in [0.05, 0.1) is 11.7 Å². The van der Waals surface area contributed by atoms with Crippen LogP contribution in [0.3, 0.4) is 0 Å². The van der Waals surface area contributed by atoms with Crippen molar-refractivity contribution < 1.29 is 19.1 Å². The van der Waals surface area contributed by atoms with E-state index in [0.717, 1.165) is 24.8 Å². The molecule has 0 N–H and O–H groups in total. The molecular weight excluding hydrogens is 340 g/mol. The zero-order chi connectivity index (χ0) is 19.8. The number of esters is 1. The molecule has 1 spiro atoms. The lowest BCUT2D eigenvalue weighted by molar-refractivity contribution is -0.152. The first-order valence-corrected chi connectivity index (χ1v) is 10.2. The Hall–Kier alpha value is -1.68. The molecule has 6 unspecified atom stereocenters. The molecule has 0 aromatic heterocycles. The molecule has 0 radical (unpaired) electrons. The monoisotopic (exact) mass is 372 g/mol. The Morgan fingerprint density at radius 2 is 2.07 bits per heavy atom. The molecule has 3 aliphatic rings. The number of hydrogen-bond acceptors (Lipinski definition) is 4. The Morgan fingerprint density at radius 1 is 1.33 bits per heavy atom. The van der Waals surface area contributed by atoms with Gasteiger partial charge in [0.25, 0.3) is 0 Å². The van der Waals surface area contributed by atoms with Crippen molar-refractivity contribution in [3.8, 4) is 0 Å². The van der Waals surface area contributed by atoms with Crippen LogP contribution in [0.1, 0.15) is 60.3 Å². The highest BCUT2D eigenvalue weighted by molar-refractivity contribution is 5.92. The Kier molecular flexibility index (Phi) is 5.76. The first kappa shape index (κ1) is 20.1. The van der Waals surface area contributed by atoms with Crippen LogP contribution >= 0.6 is 0 Å². The molecule has 1 saturated heterocycles. The number of ether oxygens (including phenoxy) is 2. The maximum absolute atomic E-state index is 12.3. The molecule has 0 amide bonds. The minimum Gasteiger partial charge on any atom is -0.462 e. The van der Waals surface area contributed by atoms with E-state index >= 15 is 0 Å². The molecule has 6 atom stereocenters. The molecule has 0 aromatic rings. The van der Waals surface area contributed by atoms with Gasteiger partial charge in [-0.05, 0) is 57.3 Å². The van der Waals surface area contributed by atoms with Crippen molar-refractivity contribution in [2.24, 2.45) is 17.8 Å². The predicted octanol–water partition coefficient (Wildman–Crippen LogP) is 4.55. The summed E-state index contributed by atoms with van der Waals surface area (Å²) in [5.41, 5.74) is 1.59. The van der Waals surface area contributed by atoms with Gasteiger partial charge in [-0.25, -0.2) is 0 Å². The molecule has 0 aromatic carbocycles.